The van der Waals surface area contributed by atoms with Crippen LogP contribution in [0.25, 0.3) is 0 Å². The van der Waals surface area contributed by atoms with E-state index in [9.17, 15) is 0 Å². The molecular weight excluding hydrogens is 222 g/mol. The smallest absolute Gasteiger partial charge is 0.113 e. The van der Waals surface area contributed by atoms with Crippen LogP contribution in [0.3, 0.4) is 0 Å². The van der Waals surface area contributed by atoms with Gasteiger partial charge in [-0.1, -0.05) is 30.7 Å². The van der Waals surface area contributed by atoms with E-state index in [1.807, 2.05) is 6.20 Å². The zero-order chi connectivity index (χ0) is 13.0. The zero-order valence-electron chi connectivity index (χ0n) is 11.2. The maximum absolute atomic E-state index is 5.80. The Bertz CT molecular complexity index is 514. The van der Waals surface area contributed by atoms with Gasteiger partial charge in [-0.05, 0) is 24.5 Å². The summed E-state index contributed by atoms with van der Waals surface area (Å²) in [5.74, 6) is 1.12. The molecule has 0 fully saturated rings. The lowest BCUT2D eigenvalue weighted by molar-refractivity contribution is 0.646. The van der Waals surface area contributed by atoms with E-state index in [0.29, 0.717) is 6.54 Å². The first-order chi connectivity index (χ1) is 8.74. The quantitative estimate of drug-likeness (QED) is 0.877. The van der Waals surface area contributed by atoms with E-state index in [1.54, 1.807) is 0 Å². The number of aryl methyl sites for hydroxylation is 2. The summed E-state index contributed by atoms with van der Waals surface area (Å²) in [7, 11) is 0. The highest BCUT2D eigenvalue weighted by atomic mass is 15.1. The zero-order valence-corrected chi connectivity index (χ0v) is 11.2. The van der Waals surface area contributed by atoms with E-state index in [1.165, 1.54) is 16.7 Å². The van der Waals surface area contributed by atoms with Crippen LogP contribution in [-0.2, 0) is 19.5 Å². The van der Waals surface area contributed by atoms with Gasteiger partial charge in [0.1, 0.15) is 5.82 Å². The standard InChI is InChI=1S/C15H21N3/c1-3-7-18-8-6-17-15(18)10-14-9-12(2)4-5-13(14)11-16/h4-6,8-9H,3,7,10-11,16H2,1-2H3. The maximum atomic E-state index is 5.80. The summed E-state index contributed by atoms with van der Waals surface area (Å²) in [5.41, 5.74) is 9.58. The molecule has 96 valence electrons. The summed E-state index contributed by atoms with van der Waals surface area (Å²) >= 11 is 0. The molecule has 1 heterocycles. The highest BCUT2D eigenvalue weighted by Gasteiger charge is 2.07. The van der Waals surface area contributed by atoms with Crippen LogP contribution in [0.15, 0.2) is 30.6 Å². The van der Waals surface area contributed by atoms with Crippen LogP contribution in [0, 0.1) is 6.92 Å². The summed E-state index contributed by atoms with van der Waals surface area (Å²) in [6.45, 7) is 5.91. The van der Waals surface area contributed by atoms with Gasteiger partial charge in [-0.2, -0.15) is 0 Å². The molecule has 0 unspecified atom stereocenters. The number of hydrogen-bond acceptors (Lipinski definition) is 2. The number of imidazole rings is 1. The molecule has 0 spiro atoms. The van der Waals surface area contributed by atoms with Crippen LogP contribution in [0.5, 0.6) is 0 Å². The fourth-order valence-electron chi connectivity index (χ4n) is 2.24. The molecule has 1 aromatic heterocycles. The SMILES string of the molecule is CCCn1ccnc1Cc1cc(C)ccc1CN. The van der Waals surface area contributed by atoms with Crippen LogP contribution < -0.4 is 5.73 Å². The third-order valence-electron chi connectivity index (χ3n) is 3.20. The van der Waals surface area contributed by atoms with E-state index >= 15 is 0 Å². The fraction of sp³-hybridized carbons (Fsp3) is 0.400. The normalized spacial score (nSPS) is 10.8. The first kappa shape index (κ1) is 12.8. The van der Waals surface area contributed by atoms with Gasteiger partial charge in [0.05, 0.1) is 0 Å². The number of nitrogens with zero attached hydrogens (tertiary/aromatic N) is 2. The van der Waals surface area contributed by atoms with Gasteiger partial charge in [0.2, 0.25) is 0 Å². The molecule has 3 heteroatoms. The first-order valence-electron chi connectivity index (χ1n) is 6.53. The Kier molecular flexibility index (Phi) is 4.15. The highest BCUT2D eigenvalue weighted by molar-refractivity contribution is 5.33. The van der Waals surface area contributed by atoms with Crippen LogP contribution >= 0.6 is 0 Å². The van der Waals surface area contributed by atoms with Crippen molar-refractivity contribution < 1.29 is 0 Å². The Labute approximate surface area is 109 Å². The Morgan fingerprint density at radius 2 is 2.11 bits per heavy atom. The molecule has 2 aromatic rings. The Morgan fingerprint density at radius 3 is 2.83 bits per heavy atom. The van der Waals surface area contributed by atoms with Crippen LogP contribution in [0.4, 0.5) is 0 Å². The van der Waals surface area contributed by atoms with E-state index in [-0.39, 0.29) is 0 Å². The lowest BCUT2D eigenvalue weighted by Crippen LogP contribution is -2.07. The summed E-state index contributed by atoms with van der Waals surface area (Å²) < 4.78 is 2.22. The molecule has 0 atom stereocenters. The van der Waals surface area contributed by atoms with Crippen LogP contribution in [0.2, 0.25) is 0 Å². The van der Waals surface area contributed by atoms with Gasteiger partial charge in [-0.3, -0.25) is 0 Å². The minimum Gasteiger partial charge on any atom is -0.335 e. The summed E-state index contributed by atoms with van der Waals surface area (Å²) in [4.78, 5) is 4.46. The molecule has 2 N–H and O–H groups in total. The fourth-order valence-corrected chi connectivity index (χ4v) is 2.24. The van der Waals surface area contributed by atoms with E-state index in [0.717, 1.165) is 25.2 Å². The molecule has 0 radical (unpaired) electrons. The van der Waals surface area contributed by atoms with Crippen molar-refractivity contribution in [3.63, 3.8) is 0 Å². The number of benzene rings is 1. The third kappa shape index (κ3) is 2.79. The van der Waals surface area contributed by atoms with Gasteiger partial charge in [0.15, 0.2) is 0 Å². The second-order valence-electron chi connectivity index (χ2n) is 4.69. The van der Waals surface area contributed by atoms with Crippen molar-refractivity contribution in [2.75, 3.05) is 0 Å². The van der Waals surface area contributed by atoms with Gasteiger partial charge in [-0.25, -0.2) is 4.98 Å². The topological polar surface area (TPSA) is 43.8 Å². The summed E-state index contributed by atoms with van der Waals surface area (Å²) in [6, 6.07) is 6.45. The first-order valence-corrected chi connectivity index (χ1v) is 6.53. The van der Waals surface area contributed by atoms with Gasteiger partial charge in [-0.15, -0.1) is 0 Å². The Hall–Kier alpha value is -1.61. The highest BCUT2D eigenvalue weighted by Crippen LogP contribution is 2.15. The average molecular weight is 243 g/mol. The number of hydrogen-bond donors (Lipinski definition) is 1. The Balaban J connectivity index is 2.27. The predicted octanol–water partition coefficient (Wildman–Crippen LogP) is 2.65. The second kappa shape index (κ2) is 5.83. The number of nitrogens with two attached hydrogens (primary N) is 1. The van der Waals surface area contributed by atoms with Gasteiger partial charge >= 0.3 is 0 Å². The lowest BCUT2D eigenvalue weighted by Gasteiger charge is -2.10. The van der Waals surface area contributed by atoms with Crippen LogP contribution in [0.1, 0.15) is 35.9 Å². The Morgan fingerprint density at radius 1 is 1.28 bits per heavy atom. The minimum absolute atomic E-state index is 0.587. The number of aromatic nitrogens is 2. The molecule has 0 aliphatic heterocycles. The lowest BCUT2D eigenvalue weighted by atomic mass is 10.0. The second-order valence-corrected chi connectivity index (χ2v) is 4.69. The largest absolute Gasteiger partial charge is 0.335 e. The summed E-state index contributed by atoms with van der Waals surface area (Å²) in [5, 5.41) is 0. The predicted molar refractivity (Wildman–Crippen MR) is 74.4 cm³/mol. The molecule has 18 heavy (non-hydrogen) atoms. The molecule has 2 rings (SSSR count). The molecule has 0 amide bonds. The third-order valence-corrected chi connectivity index (χ3v) is 3.20. The van der Waals surface area contributed by atoms with Crippen molar-refractivity contribution in [2.24, 2.45) is 5.73 Å². The number of rotatable bonds is 5. The molecule has 3 nitrogen and oxygen atoms in total. The van der Waals surface area contributed by atoms with E-state index in [4.69, 9.17) is 5.73 Å². The molecule has 0 aliphatic rings. The molecular formula is C15H21N3. The monoisotopic (exact) mass is 243 g/mol. The van der Waals surface area contributed by atoms with Crippen molar-refractivity contribution in [1.29, 1.82) is 0 Å². The molecule has 0 saturated heterocycles. The van der Waals surface area contributed by atoms with Crippen molar-refractivity contribution >= 4 is 0 Å². The van der Waals surface area contributed by atoms with Crippen molar-refractivity contribution in [1.82, 2.24) is 9.55 Å². The van der Waals surface area contributed by atoms with Crippen LogP contribution in [-0.4, -0.2) is 9.55 Å². The minimum atomic E-state index is 0.587. The molecule has 0 bridgehead atoms. The van der Waals surface area contributed by atoms with Crippen molar-refractivity contribution in [3.8, 4) is 0 Å². The molecule has 1 aromatic carbocycles. The molecule has 0 aliphatic carbocycles. The van der Waals surface area contributed by atoms with E-state index < -0.39 is 0 Å². The average Bonchev–Trinajstić information content (AvgIpc) is 2.78. The van der Waals surface area contributed by atoms with Crippen molar-refractivity contribution in [3.05, 3.63) is 53.1 Å². The van der Waals surface area contributed by atoms with Crippen molar-refractivity contribution in [2.45, 2.75) is 39.8 Å². The van der Waals surface area contributed by atoms with Gasteiger partial charge in [0, 0.05) is 31.9 Å². The maximum Gasteiger partial charge on any atom is 0.113 e. The van der Waals surface area contributed by atoms with Gasteiger partial charge < -0.3 is 10.3 Å². The molecule has 0 saturated carbocycles. The van der Waals surface area contributed by atoms with E-state index in [2.05, 4.69) is 47.8 Å². The summed E-state index contributed by atoms with van der Waals surface area (Å²) in [6.07, 6.45) is 5.92. The van der Waals surface area contributed by atoms with Gasteiger partial charge in [0.25, 0.3) is 0 Å².